The minimum Gasteiger partial charge on any atom is -0.465 e. The number of nitrogens with two attached hydrogens (primary N) is 1. The number of nitrogens with one attached hydrogen (secondary N) is 1. The molecule has 3 N–H and O–H groups in total. The first-order valence-corrected chi connectivity index (χ1v) is 5.95. The Hall–Kier alpha value is -1.44. The van der Waals surface area contributed by atoms with E-state index in [-0.39, 0.29) is 11.0 Å². The van der Waals surface area contributed by atoms with Gasteiger partial charge in [0.25, 0.3) is 0 Å². The second-order valence-electron chi connectivity index (χ2n) is 3.32. The van der Waals surface area contributed by atoms with E-state index in [1.165, 1.54) is 7.11 Å². The smallest absolute Gasteiger partial charge is 0.339 e. The molecule has 0 unspecified atom stereocenters. The summed E-state index contributed by atoms with van der Waals surface area (Å²) in [6, 6.07) is 3.19. The lowest BCUT2D eigenvalue weighted by Crippen LogP contribution is -2.10. The van der Waals surface area contributed by atoms with Gasteiger partial charge in [0.2, 0.25) is 0 Å². The predicted octanol–water partition coefficient (Wildman–Crippen LogP) is 2.12. The number of hydrogen-bond acceptors (Lipinski definition) is 6. The Morgan fingerprint density at radius 2 is 2.11 bits per heavy atom. The number of carbonyl (C=O) groups is 1. The number of hydrazine groups is 1. The van der Waals surface area contributed by atoms with Crippen LogP contribution in [0.2, 0.25) is 5.15 Å². The third kappa shape index (κ3) is 2.24. The van der Waals surface area contributed by atoms with Crippen LogP contribution in [0.1, 0.15) is 10.4 Å². The van der Waals surface area contributed by atoms with Crippen LogP contribution in [-0.4, -0.2) is 23.0 Å². The number of fused-ring (bicyclic) bond motifs is 1. The predicted molar refractivity (Wildman–Crippen MR) is 71.4 cm³/mol. The Morgan fingerprint density at radius 3 is 2.72 bits per heavy atom. The van der Waals surface area contributed by atoms with Gasteiger partial charge in [0.15, 0.2) is 11.0 Å². The van der Waals surface area contributed by atoms with Crippen LogP contribution < -0.4 is 11.3 Å². The normalized spacial score (nSPS) is 10.4. The first-order chi connectivity index (χ1) is 8.56. The Morgan fingerprint density at radius 1 is 1.44 bits per heavy atom. The number of anilines is 1. The molecule has 8 heteroatoms. The van der Waals surface area contributed by atoms with Crippen LogP contribution in [0.5, 0.6) is 0 Å². The molecule has 94 valence electrons. The van der Waals surface area contributed by atoms with Gasteiger partial charge >= 0.3 is 5.97 Å². The lowest BCUT2D eigenvalue weighted by Gasteiger charge is -2.07. The lowest BCUT2D eigenvalue weighted by molar-refractivity contribution is 0.0600. The Balaban J connectivity index is 2.68. The molecule has 0 saturated heterocycles. The molecule has 0 bridgehead atoms. The zero-order valence-corrected chi connectivity index (χ0v) is 11.5. The number of nitrogen functional groups attached to an aromatic ring is 1. The Kier molecular flexibility index (Phi) is 3.65. The van der Waals surface area contributed by atoms with Crippen LogP contribution in [-0.2, 0) is 4.74 Å². The van der Waals surface area contributed by atoms with E-state index in [2.05, 4.69) is 36.1 Å². The van der Waals surface area contributed by atoms with Crippen molar-refractivity contribution in [2.75, 3.05) is 12.5 Å². The molecule has 2 aromatic rings. The van der Waals surface area contributed by atoms with Gasteiger partial charge in [-0.05, 0) is 28.1 Å². The molecule has 2 rings (SSSR count). The third-order valence-electron chi connectivity index (χ3n) is 2.25. The summed E-state index contributed by atoms with van der Waals surface area (Å²) < 4.78 is 5.22. The number of methoxy groups -OCH3 is 1. The average molecular weight is 332 g/mol. The summed E-state index contributed by atoms with van der Waals surface area (Å²) in [5, 5.41) is 0.128. The van der Waals surface area contributed by atoms with Crippen molar-refractivity contribution in [2.24, 2.45) is 5.84 Å². The van der Waals surface area contributed by atoms with Crippen LogP contribution in [0.15, 0.2) is 16.6 Å². The molecule has 0 saturated carbocycles. The van der Waals surface area contributed by atoms with Crippen molar-refractivity contribution in [3.05, 3.63) is 27.3 Å². The topological polar surface area (TPSA) is 90.1 Å². The standard InChI is InChI=1S/C10H8BrClN4O2/c1-18-10(17)4-2-6-7(3-5(4)11)15-9(16-13)8(12)14-6/h2-3H,13H2,1H3,(H,15,16). The highest BCUT2D eigenvalue weighted by atomic mass is 79.9. The summed E-state index contributed by atoms with van der Waals surface area (Å²) in [7, 11) is 1.30. The third-order valence-corrected chi connectivity index (χ3v) is 3.17. The molecule has 0 aliphatic heterocycles. The number of aromatic nitrogens is 2. The van der Waals surface area contributed by atoms with Crippen molar-refractivity contribution in [1.82, 2.24) is 9.97 Å². The molecule has 0 atom stereocenters. The highest BCUT2D eigenvalue weighted by molar-refractivity contribution is 9.10. The van der Waals surface area contributed by atoms with E-state index in [4.69, 9.17) is 17.4 Å². The summed E-state index contributed by atoms with van der Waals surface area (Å²) >= 11 is 9.14. The van der Waals surface area contributed by atoms with E-state index in [0.29, 0.717) is 21.1 Å². The summed E-state index contributed by atoms with van der Waals surface area (Å²) in [5.74, 6) is 5.05. The summed E-state index contributed by atoms with van der Waals surface area (Å²) in [6.45, 7) is 0. The van der Waals surface area contributed by atoms with Crippen molar-refractivity contribution in [2.45, 2.75) is 0 Å². The number of rotatable bonds is 2. The van der Waals surface area contributed by atoms with E-state index < -0.39 is 5.97 Å². The molecule has 0 aliphatic rings. The summed E-state index contributed by atoms with van der Waals surface area (Å²) in [6.07, 6.45) is 0. The molecular formula is C10H8BrClN4O2. The number of benzene rings is 1. The van der Waals surface area contributed by atoms with Gasteiger partial charge < -0.3 is 10.2 Å². The van der Waals surface area contributed by atoms with E-state index in [1.54, 1.807) is 12.1 Å². The van der Waals surface area contributed by atoms with Gasteiger partial charge in [0.1, 0.15) is 0 Å². The van der Waals surface area contributed by atoms with E-state index >= 15 is 0 Å². The zero-order chi connectivity index (χ0) is 13.3. The average Bonchev–Trinajstić information content (AvgIpc) is 2.37. The minimum absolute atomic E-state index is 0.128. The van der Waals surface area contributed by atoms with Gasteiger partial charge in [-0.1, -0.05) is 11.6 Å². The molecule has 18 heavy (non-hydrogen) atoms. The largest absolute Gasteiger partial charge is 0.465 e. The molecule has 0 radical (unpaired) electrons. The van der Waals surface area contributed by atoms with Crippen LogP contribution in [0, 0.1) is 0 Å². The van der Waals surface area contributed by atoms with Crippen molar-refractivity contribution < 1.29 is 9.53 Å². The van der Waals surface area contributed by atoms with Crippen LogP contribution >= 0.6 is 27.5 Å². The maximum atomic E-state index is 11.5. The molecule has 1 aromatic carbocycles. The van der Waals surface area contributed by atoms with Crippen molar-refractivity contribution >= 4 is 50.4 Å². The summed E-state index contributed by atoms with van der Waals surface area (Å²) in [5.41, 5.74) is 3.72. The fraction of sp³-hybridized carbons (Fsp3) is 0.100. The number of carbonyl (C=O) groups excluding carboxylic acids is 1. The van der Waals surface area contributed by atoms with Crippen LogP contribution in [0.4, 0.5) is 5.82 Å². The summed E-state index contributed by atoms with van der Waals surface area (Å²) in [4.78, 5) is 19.8. The van der Waals surface area contributed by atoms with Crippen molar-refractivity contribution in [3.8, 4) is 0 Å². The second-order valence-corrected chi connectivity index (χ2v) is 4.53. The fourth-order valence-electron chi connectivity index (χ4n) is 1.41. The molecule has 0 amide bonds. The van der Waals surface area contributed by atoms with Crippen molar-refractivity contribution in [1.29, 1.82) is 0 Å². The second kappa shape index (κ2) is 5.05. The number of halogens is 2. The monoisotopic (exact) mass is 330 g/mol. The Bertz CT molecular complexity index is 635. The first kappa shape index (κ1) is 13.0. The lowest BCUT2D eigenvalue weighted by atomic mass is 10.2. The van der Waals surface area contributed by atoms with Gasteiger partial charge in [-0.15, -0.1) is 0 Å². The van der Waals surface area contributed by atoms with E-state index in [1.807, 2.05) is 0 Å². The van der Waals surface area contributed by atoms with Gasteiger partial charge in [0.05, 0.1) is 23.7 Å². The molecule has 0 fully saturated rings. The minimum atomic E-state index is -0.470. The van der Waals surface area contributed by atoms with Gasteiger partial charge in [-0.25, -0.2) is 20.6 Å². The zero-order valence-electron chi connectivity index (χ0n) is 9.20. The quantitative estimate of drug-likeness (QED) is 0.498. The maximum absolute atomic E-state index is 11.5. The van der Waals surface area contributed by atoms with Gasteiger partial charge in [-0.3, -0.25) is 0 Å². The fourth-order valence-corrected chi connectivity index (χ4v) is 2.09. The van der Waals surface area contributed by atoms with Gasteiger partial charge in [0, 0.05) is 4.47 Å². The molecule has 0 spiro atoms. The molecule has 1 aromatic heterocycles. The number of ether oxygens (including phenoxy) is 1. The highest BCUT2D eigenvalue weighted by Gasteiger charge is 2.14. The van der Waals surface area contributed by atoms with Crippen LogP contribution in [0.25, 0.3) is 11.0 Å². The van der Waals surface area contributed by atoms with E-state index in [0.717, 1.165) is 0 Å². The maximum Gasteiger partial charge on any atom is 0.339 e. The van der Waals surface area contributed by atoms with E-state index in [9.17, 15) is 4.79 Å². The number of esters is 1. The first-order valence-electron chi connectivity index (χ1n) is 4.78. The Labute approximate surface area is 116 Å². The van der Waals surface area contributed by atoms with Crippen molar-refractivity contribution in [3.63, 3.8) is 0 Å². The van der Waals surface area contributed by atoms with Gasteiger partial charge in [-0.2, -0.15) is 0 Å². The SMILES string of the molecule is COC(=O)c1cc2nc(Cl)c(NN)nc2cc1Br. The highest BCUT2D eigenvalue weighted by Crippen LogP contribution is 2.26. The molecule has 0 aliphatic carbocycles. The number of nitrogens with zero attached hydrogens (tertiary/aromatic N) is 2. The number of hydrogen-bond donors (Lipinski definition) is 2. The van der Waals surface area contributed by atoms with Crippen LogP contribution in [0.3, 0.4) is 0 Å². The molecule has 6 nitrogen and oxygen atoms in total. The molecule has 1 heterocycles. The molecular weight excluding hydrogens is 323 g/mol.